The van der Waals surface area contributed by atoms with Gasteiger partial charge in [-0.1, -0.05) is 23.7 Å². The standard InChI is InChI=1S/C15H15ClFNO2S/c1-10(11-3-5-12(16)6-4-11)18-15-9-13(21(2,19)20)7-8-14(15)17/h3-10,18H,1-2H3. The summed E-state index contributed by atoms with van der Waals surface area (Å²) in [5, 5.41) is 3.60. The molecular formula is C15H15ClFNO2S. The topological polar surface area (TPSA) is 46.2 Å². The minimum absolute atomic E-state index is 0.0784. The monoisotopic (exact) mass is 327 g/mol. The summed E-state index contributed by atoms with van der Waals surface area (Å²) in [6.45, 7) is 1.86. The predicted octanol–water partition coefficient (Wildman–Crippen LogP) is 4.06. The van der Waals surface area contributed by atoms with Crippen molar-refractivity contribution in [3.8, 4) is 0 Å². The van der Waals surface area contributed by atoms with E-state index in [0.29, 0.717) is 5.02 Å². The number of hydrogen-bond donors (Lipinski definition) is 1. The molecule has 112 valence electrons. The van der Waals surface area contributed by atoms with E-state index in [1.54, 1.807) is 12.1 Å². The number of anilines is 1. The number of benzene rings is 2. The fourth-order valence-electron chi connectivity index (χ4n) is 1.91. The van der Waals surface area contributed by atoms with Crippen LogP contribution in [0.3, 0.4) is 0 Å². The number of halogens is 2. The summed E-state index contributed by atoms with van der Waals surface area (Å²) in [5.41, 5.74) is 1.07. The van der Waals surface area contributed by atoms with Crippen molar-refractivity contribution < 1.29 is 12.8 Å². The van der Waals surface area contributed by atoms with Gasteiger partial charge in [-0.25, -0.2) is 12.8 Å². The van der Waals surface area contributed by atoms with Crippen LogP contribution in [0.5, 0.6) is 0 Å². The maximum atomic E-state index is 13.8. The van der Waals surface area contributed by atoms with Gasteiger partial charge in [-0.15, -0.1) is 0 Å². The van der Waals surface area contributed by atoms with Gasteiger partial charge in [0.2, 0.25) is 0 Å². The molecule has 21 heavy (non-hydrogen) atoms. The Kier molecular flexibility index (Phi) is 4.54. The molecule has 0 saturated carbocycles. The molecule has 1 unspecified atom stereocenters. The third-order valence-corrected chi connectivity index (χ3v) is 4.47. The van der Waals surface area contributed by atoms with Gasteiger partial charge in [-0.05, 0) is 42.8 Å². The quantitative estimate of drug-likeness (QED) is 0.861. The zero-order valence-electron chi connectivity index (χ0n) is 11.6. The first kappa shape index (κ1) is 15.8. The van der Waals surface area contributed by atoms with Gasteiger partial charge in [0.05, 0.1) is 10.6 Å². The van der Waals surface area contributed by atoms with Crippen LogP contribution in [-0.4, -0.2) is 14.7 Å². The van der Waals surface area contributed by atoms with Crippen LogP contribution >= 0.6 is 11.6 Å². The summed E-state index contributed by atoms with van der Waals surface area (Å²) < 4.78 is 36.9. The zero-order chi connectivity index (χ0) is 15.6. The Bertz CT molecular complexity index is 745. The molecule has 1 N–H and O–H groups in total. The Labute approximate surface area is 128 Å². The Morgan fingerprint density at radius 1 is 1.14 bits per heavy atom. The summed E-state index contributed by atoms with van der Waals surface area (Å²) in [6, 6.07) is 10.7. The molecule has 0 fully saturated rings. The normalized spacial score (nSPS) is 13.0. The molecule has 0 aromatic heterocycles. The van der Waals surface area contributed by atoms with Crippen LogP contribution in [0.1, 0.15) is 18.5 Å². The van der Waals surface area contributed by atoms with Crippen LogP contribution in [0.15, 0.2) is 47.4 Å². The van der Waals surface area contributed by atoms with E-state index < -0.39 is 15.7 Å². The fourth-order valence-corrected chi connectivity index (χ4v) is 2.69. The van der Waals surface area contributed by atoms with E-state index in [0.717, 1.165) is 17.9 Å². The molecule has 1 atom stereocenters. The van der Waals surface area contributed by atoms with Gasteiger partial charge >= 0.3 is 0 Å². The molecule has 0 saturated heterocycles. The van der Waals surface area contributed by atoms with Crippen molar-refractivity contribution in [1.29, 1.82) is 0 Å². The molecule has 2 rings (SSSR count). The average Bonchev–Trinajstić information content (AvgIpc) is 2.40. The first-order chi connectivity index (χ1) is 9.77. The van der Waals surface area contributed by atoms with Gasteiger partial charge < -0.3 is 5.32 Å². The maximum Gasteiger partial charge on any atom is 0.175 e. The second kappa shape index (κ2) is 6.03. The minimum Gasteiger partial charge on any atom is -0.376 e. The highest BCUT2D eigenvalue weighted by Gasteiger charge is 2.13. The van der Waals surface area contributed by atoms with Gasteiger partial charge in [0.1, 0.15) is 5.82 Å². The average molecular weight is 328 g/mol. The van der Waals surface area contributed by atoms with Crippen LogP contribution in [0.2, 0.25) is 5.02 Å². The van der Waals surface area contributed by atoms with Crippen LogP contribution in [-0.2, 0) is 9.84 Å². The fraction of sp³-hybridized carbons (Fsp3) is 0.200. The van der Waals surface area contributed by atoms with Crippen LogP contribution in [0, 0.1) is 5.82 Å². The Hall–Kier alpha value is -1.59. The van der Waals surface area contributed by atoms with Gasteiger partial charge in [0.25, 0.3) is 0 Å². The highest BCUT2D eigenvalue weighted by Crippen LogP contribution is 2.25. The lowest BCUT2D eigenvalue weighted by Crippen LogP contribution is -2.09. The molecule has 0 spiro atoms. The third-order valence-electron chi connectivity index (χ3n) is 3.11. The van der Waals surface area contributed by atoms with Gasteiger partial charge in [0.15, 0.2) is 9.84 Å². The predicted molar refractivity (Wildman–Crippen MR) is 83.0 cm³/mol. The van der Waals surface area contributed by atoms with Crippen molar-refractivity contribution >= 4 is 27.1 Å². The summed E-state index contributed by atoms with van der Waals surface area (Å²) in [7, 11) is -3.37. The first-order valence-corrected chi connectivity index (χ1v) is 8.56. The van der Waals surface area contributed by atoms with E-state index >= 15 is 0 Å². The van der Waals surface area contributed by atoms with Crippen molar-refractivity contribution in [3.63, 3.8) is 0 Å². The van der Waals surface area contributed by atoms with E-state index in [9.17, 15) is 12.8 Å². The highest BCUT2D eigenvalue weighted by atomic mass is 35.5. The minimum atomic E-state index is -3.37. The summed E-state index contributed by atoms with van der Waals surface area (Å²) >= 11 is 5.83. The Morgan fingerprint density at radius 2 is 1.76 bits per heavy atom. The molecule has 0 bridgehead atoms. The third kappa shape index (κ3) is 3.95. The molecule has 0 aliphatic rings. The second-order valence-corrected chi connectivity index (χ2v) is 7.28. The summed E-state index contributed by atoms with van der Waals surface area (Å²) in [4.78, 5) is 0.0784. The molecular weight excluding hydrogens is 313 g/mol. The largest absolute Gasteiger partial charge is 0.376 e. The van der Waals surface area contributed by atoms with Gasteiger partial charge in [-0.3, -0.25) is 0 Å². The van der Waals surface area contributed by atoms with E-state index in [-0.39, 0.29) is 16.6 Å². The zero-order valence-corrected chi connectivity index (χ0v) is 13.2. The molecule has 0 amide bonds. The van der Waals surface area contributed by atoms with Crippen molar-refractivity contribution in [3.05, 3.63) is 58.9 Å². The van der Waals surface area contributed by atoms with Crippen LogP contribution in [0.4, 0.5) is 10.1 Å². The number of hydrogen-bond acceptors (Lipinski definition) is 3. The molecule has 6 heteroatoms. The van der Waals surface area contributed by atoms with Crippen LogP contribution < -0.4 is 5.32 Å². The number of sulfone groups is 1. The van der Waals surface area contributed by atoms with E-state index in [4.69, 9.17) is 11.6 Å². The molecule has 2 aromatic carbocycles. The lowest BCUT2D eigenvalue weighted by Gasteiger charge is -2.17. The SMILES string of the molecule is CC(Nc1cc(S(C)(=O)=O)ccc1F)c1ccc(Cl)cc1. The Balaban J connectivity index is 2.28. The van der Waals surface area contributed by atoms with Gasteiger partial charge in [-0.2, -0.15) is 0 Å². The van der Waals surface area contributed by atoms with Crippen molar-refractivity contribution in [2.45, 2.75) is 17.9 Å². The Morgan fingerprint density at radius 3 is 2.33 bits per heavy atom. The van der Waals surface area contributed by atoms with E-state index in [2.05, 4.69) is 5.32 Å². The summed E-state index contributed by atoms with van der Waals surface area (Å²) in [6.07, 6.45) is 1.09. The first-order valence-electron chi connectivity index (χ1n) is 6.29. The molecule has 0 heterocycles. The van der Waals surface area contributed by atoms with Crippen molar-refractivity contribution in [2.24, 2.45) is 0 Å². The molecule has 0 aliphatic carbocycles. The maximum absolute atomic E-state index is 13.8. The molecule has 0 aliphatic heterocycles. The van der Waals surface area contributed by atoms with Gasteiger partial charge in [0, 0.05) is 17.3 Å². The van der Waals surface area contributed by atoms with Crippen LogP contribution in [0.25, 0.3) is 0 Å². The van der Waals surface area contributed by atoms with E-state index in [1.165, 1.54) is 12.1 Å². The number of nitrogens with one attached hydrogen (secondary N) is 1. The van der Waals surface area contributed by atoms with Crippen molar-refractivity contribution in [2.75, 3.05) is 11.6 Å². The van der Waals surface area contributed by atoms with Crippen molar-refractivity contribution in [1.82, 2.24) is 0 Å². The van der Waals surface area contributed by atoms with E-state index in [1.807, 2.05) is 19.1 Å². The summed E-state index contributed by atoms with van der Waals surface area (Å²) in [5.74, 6) is -0.497. The molecule has 3 nitrogen and oxygen atoms in total. The lowest BCUT2D eigenvalue weighted by molar-refractivity contribution is 0.600. The highest BCUT2D eigenvalue weighted by molar-refractivity contribution is 7.90. The smallest absolute Gasteiger partial charge is 0.175 e. The number of rotatable bonds is 4. The molecule has 0 radical (unpaired) electrons. The molecule has 2 aromatic rings. The second-order valence-electron chi connectivity index (χ2n) is 4.83. The lowest BCUT2D eigenvalue weighted by atomic mass is 10.1.